The minimum atomic E-state index is 1.07. The fourth-order valence-electron chi connectivity index (χ4n) is 4.97. The molecule has 0 radical (unpaired) electrons. The number of nitrogens with zero attached hydrogens (tertiary/aromatic N) is 4. The van der Waals surface area contributed by atoms with Crippen LogP contribution >= 0.6 is 0 Å². The maximum absolute atomic E-state index is 4.39. The lowest BCUT2D eigenvalue weighted by Gasteiger charge is -2.23. The van der Waals surface area contributed by atoms with E-state index < -0.39 is 0 Å². The van der Waals surface area contributed by atoms with Crippen molar-refractivity contribution >= 4 is 50.3 Å². The SMILES string of the molecule is C/N=C/N(c1cccc(-n2c[n+](C)c3cc4ccccc4cc32)c1)c1cc2ccccc2cc1C. The molecule has 0 unspecified atom stereocenters. The predicted octanol–water partition coefficient (Wildman–Crippen LogP) is 6.87. The van der Waals surface area contributed by atoms with Crippen LogP contribution in [0.25, 0.3) is 38.3 Å². The number of imidazole rings is 1. The standard InChI is InChI=1S/C31H27N4/c1-22-15-23-9-4-5-10-24(23)16-29(22)34(20-32-2)27-13-8-14-28(19-27)35-21-33(3)30-17-25-11-6-7-12-26(25)18-31(30)35/h4-21H,1-3H3/q+1/b32-20+. The summed E-state index contributed by atoms with van der Waals surface area (Å²) in [6.07, 6.45) is 4.06. The summed E-state index contributed by atoms with van der Waals surface area (Å²) in [4.78, 5) is 6.56. The van der Waals surface area contributed by atoms with E-state index in [0.717, 1.165) is 17.1 Å². The third kappa shape index (κ3) is 3.64. The smallest absolute Gasteiger partial charge is 0.249 e. The molecule has 6 rings (SSSR count). The quantitative estimate of drug-likeness (QED) is 0.162. The maximum atomic E-state index is 4.39. The summed E-state index contributed by atoms with van der Waals surface area (Å²) in [6.45, 7) is 2.16. The van der Waals surface area contributed by atoms with Gasteiger partial charge in [-0.2, -0.15) is 4.57 Å². The van der Waals surface area contributed by atoms with Crippen LogP contribution in [0.15, 0.2) is 108 Å². The molecule has 1 aromatic heterocycles. The third-order valence-corrected chi connectivity index (χ3v) is 6.71. The Labute approximate surface area is 205 Å². The molecule has 0 bridgehead atoms. The number of aliphatic imine (C=N–C) groups is 1. The van der Waals surface area contributed by atoms with Crippen molar-refractivity contribution in [3.63, 3.8) is 0 Å². The second kappa shape index (κ2) is 8.41. The number of benzene rings is 5. The highest BCUT2D eigenvalue weighted by Gasteiger charge is 2.18. The van der Waals surface area contributed by atoms with Crippen molar-refractivity contribution < 1.29 is 4.57 Å². The van der Waals surface area contributed by atoms with Gasteiger partial charge in [0.25, 0.3) is 0 Å². The van der Waals surface area contributed by atoms with Gasteiger partial charge in [0.1, 0.15) is 5.69 Å². The van der Waals surface area contributed by atoms with Crippen molar-refractivity contribution in [1.29, 1.82) is 0 Å². The van der Waals surface area contributed by atoms with Crippen molar-refractivity contribution in [1.82, 2.24) is 4.57 Å². The van der Waals surface area contributed by atoms with E-state index in [1.165, 1.54) is 38.1 Å². The fraction of sp³-hybridized carbons (Fsp3) is 0.0968. The van der Waals surface area contributed by atoms with Crippen LogP contribution in [0.3, 0.4) is 0 Å². The molecule has 0 fully saturated rings. The fourth-order valence-corrected chi connectivity index (χ4v) is 4.97. The Bertz CT molecular complexity index is 1740. The largest absolute Gasteiger partial charge is 0.301 e. The van der Waals surface area contributed by atoms with Crippen LogP contribution in [0.1, 0.15) is 5.56 Å². The zero-order chi connectivity index (χ0) is 23.9. The van der Waals surface area contributed by atoms with Gasteiger partial charge in [-0.15, -0.1) is 0 Å². The topological polar surface area (TPSA) is 24.4 Å². The highest BCUT2D eigenvalue weighted by molar-refractivity contribution is 5.97. The van der Waals surface area contributed by atoms with Gasteiger partial charge in [0.05, 0.1) is 24.8 Å². The molecule has 170 valence electrons. The zero-order valence-corrected chi connectivity index (χ0v) is 20.2. The maximum Gasteiger partial charge on any atom is 0.249 e. The number of aromatic nitrogens is 2. The summed E-state index contributed by atoms with van der Waals surface area (Å²) in [5, 5.41) is 4.95. The Hall–Kier alpha value is -4.44. The van der Waals surface area contributed by atoms with E-state index in [0.29, 0.717) is 0 Å². The van der Waals surface area contributed by atoms with Gasteiger partial charge < -0.3 is 4.90 Å². The Morgan fingerprint density at radius 1 is 0.771 bits per heavy atom. The molecular formula is C31H27N4+. The van der Waals surface area contributed by atoms with Crippen molar-refractivity contribution in [2.45, 2.75) is 6.92 Å². The van der Waals surface area contributed by atoms with Crippen molar-refractivity contribution in [2.24, 2.45) is 12.0 Å². The summed E-state index contributed by atoms with van der Waals surface area (Å²) in [5.41, 5.74) is 6.89. The molecular weight excluding hydrogens is 428 g/mol. The molecule has 5 aromatic carbocycles. The lowest BCUT2D eigenvalue weighted by molar-refractivity contribution is -0.645. The molecule has 0 aliphatic carbocycles. The van der Waals surface area contributed by atoms with Crippen molar-refractivity contribution in [2.75, 3.05) is 11.9 Å². The minimum Gasteiger partial charge on any atom is -0.301 e. The van der Waals surface area contributed by atoms with Gasteiger partial charge in [-0.1, -0.05) is 54.6 Å². The van der Waals surface area contributed by atoms with E-state index in [9.17, 15) is 0 Å². The summed E-state index contributed by atoms with van der Waals surface area (Å²) in [5.74, 6) is 0. The first-order valence-electron chi connectivity index (χ1n) is 11.8. The van der Waals surface area contributed by atoms with Gasteiger partial charge in [0.2, 0.25) is 6.33 Å². The first-order chi connectivity index (χ1) is 17.1. The van der Waals surface area contributed by atoms with Crippen LogP contribution < -0.4 is 9.47 Å². The highest BCUT2D eigenvalue weighted by Crippen LogP contribution is 2.33. The number of rotatable bonds is 4. The van der Waals surface area contributed by atoms with Crippen LogP contribution in [0.5, 0.6) is 0 Å². The summed E-state index contributed by atoms with van der Waals surface area (Å²) in [7, 11) is 3.92. The number of fused-ring (bicyclic) bond motifs is 3. The van der Waals surface area contributed by atoms with Crippen LogP contribution in [0.2, 0.25) is 0 Å². The molecule has 4 nitrogen and oxygen atoms in total. The van der Waals surface area contributed by atoms with E-state index in [4.69, 9.17) is 0 Å². The third-order valence-electron chi connectivity index (χ3n) is 6.71. The number of hydrogen-bond acceptors (Lipinski definition) is 1. The molecule has 6 aromatic rings. The molecule has 1 heterocycles. The number of aryl methyl sites for hydroxylation is 2. The van der Waals surface area contributed by atoms with E-state index >= 15 is 0 Å². The normalized spacial score (nSPS) is 11.7. The molecule has 0 aliphatic heterocycles. The Kier molecular flexibility index (Phi) is 5.07. The van der Waals surface area contributed by atoms with E-state index in [1.807, 2.05) is 13.4 Å². The molecule has 0 amide bonds. The second-order valence-electron chi connectivity index (χ2n) is 9.03. The Balaban J connectivity index is 1.51. The summed E-state index contributed by atoms with van der Waals surface area (Å²) < 4.78 is 4.45. The van der Waals surface area contributed by atoms with Crippen LogP contribution in [0, 0.1) is 6.92 Å². The molecule has 0 N–H and O–H groups in total. The molecule has 0 saturated heterocycles. The summed E-state index contributed by atoms with van der Waals surface area (Å²) in [6, 6.07) is 34.7. The lowest BCUT2D eigenvalue weighted by Crippen LogP contribution is -2.25. The molecule has 4 heteroatoms. The van der Waals surface area contributed by atoms with Crippen molar-refractivity contribution in [3.8, 4) is 5.69 Å². The average molecular weight is 456 g/mol. The monoisotopic (exact) mass is 455 g/mol. The van der Waals surface area contributed by atoms with Crippen LogP contribution in [-0.4, -0.2) is 18.0 Å². The van der Waals surface area contributed by atoms with Crippen LogP contribution in [0.4, 0.5) is 11.4 Å². The first kappa shape index (κ1) is 21.1. The molecule has 0 aliphatic rings. The van der Waals surface area contributed by atoms with Gasteiger partial charge in [-0.3, -0.25) is 4.99 Å². The zero-order valence-electron chi connectivity index (χ0n) is 20.2. The van der Waals surface area contributed by atoms with E-state index in [2.05, 4.69) is 136 Å². The first-order valence-corrected chi connectivity index (χ1v) is 11.8. The van der Waals surface area contributed by atoms with Crippen molar-refractivity contribution in [3.05, 3.63) is 109 Å². The number of anilines is 2. The Morgan fingerprint density at radius 2 is 1.43 bits per heavy atom. The van der Waals surface area contributed by atoms with Gasteiger partial charge in [-0.05, 0) is 70.4 Å². The predicted molar refractivity (Wildman–Crippen MR) is 147 cm³/mol. The summed E-state index contributed by atoms with van der Waals surface area (Å²) >= 11 is 0. The molecule has 0 atom stereocenters. The molecule has 0 spiro atoms. The van der Waals surface area contributed by atoms with Gasteiger partial charge in [0.15, 0.2) is 11.0 Å². The average Bonchev–Trinajstić information content (AvgIpc) is 3.21. The van der Waals surface area contributed by atoms with E-state index in [-0.39, 0.29) is 0 Å². The second-order valence-corrected chi connectivity index (χ2v) is 9.03. The van der Waals surface area contributed by atoms with Gasteiger partial charge >= 0.3 is 0 Å². The van der Waals surface area contributed by atoms with Gasteiger partial charge in [0, 0.05) is 13.1 Å². The lowest BCUT2D eigenvalue weighted by atomic mass is 10.0. The van der Waals surface area contributed by atoms with E-state index in [1.54, 1.807) is 0 Å². The minimum absolute atomic E-state index is 1.07. The molecule has 35 heavy (non-hydrogen) atoms. The highest BCUT2D eigenvalue weighted by atomic mass is 15.2. The van der Waals surface area contributed by atoms with Crippen LogP contribution in [-0.2, 0) is 7.05 Å². The Morgan fingerprint density at radius 3 is 2.14 bits per heavy atom. The number of hydrogen-bond donors (Lipinski definition) is 0. The molecule has 0 saturated carbocycles. The van der Waals surface area contributed by atoms with Gasteiger partial charge in [-0.25, -0.2) is 4.57 Å².